The lowest BCUT2D eigenvalue weighted by Gasteiger charge is -2.10. The van der Waals surface area contributed by atoms with Crippen molar-refractivity contribution in [1.82, 2.24) is 0 Å². The lowest BCUT2D eigenvalue weighted by Crippen LogP contribution is -2.07. The second-order valence-corrected chi connectivity index (χ2v) is 5.22. The van der Waals surface area contributed by atoms with Crippen LogP contribution in [0.25, 0.3) is 0 Å². The van der Waals surface area contributed by atoms with Crippen LogP contribution in [0, 0.1) is 0 Å². The molecule has 0 saturated carbocycles. The Morgan fingerprint density at radius 2 is 1.64 bits per heavy atom. The van der Waals surface area contributed by atoms with Crippen molar-refractivity contribution in [2.24, 2.45) is 0 Å². The molecule has 0 aromatic heterocycles. The number of nitrogens with one attached hydrogen (secondary N) is 1. The SMILES string of the molecule is O=C(C=CSc1ccccc1C(F)(F)F)Nc1ccccc1. The van der Waals surface area contributed by atoms with Crippen molar-refractivity contribution in [3.8, 4) is 0 Å². The Hall–Kier alpha value is -2.21. The van der Waals surface area contributed by atoms with E-state index >= 15 is 0 Å². The summed E-state index contributed by atoms with van der Waals surface area (Å²) in [5.41, 5.74) is -0.0917. The van der Waals surface area contributed by atoms with Crippen LogP contribution in [-0.4, -0.2) is 5.91 Å². The van der Waals surface area contributed by atoms with Gasteiger partial charge >= 0.3 is 6.18 Å². The van der Waals surface area contributed by atoms with Gasteiger partial charge in [0.25, 0.3) is 0 Å². The molecule has 6 heteroatoms. The lowest BCUT2D eigenvalue weighted by molar-refractivity contribution is -0.139. The second-order valence-electron chi connectivity index (χ2n) is 4.27. The summed E-state index contributed by atoms with van der Waals surface area (Å²) in [7, 11) is 0. The molecule has 0 aliphatic rings. The highest BCUT2D eigenvalue weighted by atomic mass is 32.2. The fourth-order valence-corrected chi connectivity index (χ4v) is 2.48. The van der Waals surface area contributed by atoms with Crippen LogP contribution in [0.5, 0.6) is 0 Å². The molecule has 0 aliphatic carbocycles. The molecule has 2 aromatic rings. The monoisotopic (exact) mass is 323 g/mol. The maximum absolute atomic E-state index is 12.8. The number of para-hydroxylation sites is 1. The molecule has 0 heterocycles. The number of halogens is 3. The van der Waals surface area contributed by atoms with Gasteiger partial charge in [0, 0.05) is 16.7 Å². The first-order valence-corrected chi connectivity index (χ1v) is 7.20. The van der Waals surface area contributed by atoms with Gasteiger partial charge in [-0.3, -0.25) is 4.79 Å². The molecule has 0 atom stereocenters. The minimum absolute atomic E-state index is 0.0544. The molecule has 0 aliphatic heterocycles. The zero-order valence-electron chi connectivity index (χ0n) is 11.3. The number of alkyl halides is 3. The molecule has 2 rings (SSSR count). The maximum Gasteiger partial charge on any atom is 0.417 e. The Morgan fingerprint density at radius 1 is 1.00 bits per heavy atom. The molecular weight excluding hydrogens is 311 g/mol. The number of hydrogen-bond donors (Lipinski definition) is 1. The van der Waals surface area contributed by atoms with E-state index in [-0.39, 0.29) is 4.90 Å². The molecule has 22 heavy (non-hydrogen) atoms. The molecule has 114 valence electrons. The Labute approximate surface area is 130 Å². The van der Waals surface area contributed by atoms with Gasteiger partial charge in [-0.15, -0.1) is 0 Å². The summed E-state index contributed by atoms with van der Waals surface area (Å²) in [6.45, 7) is 0. The first-order valence-electron chi connectivity index (χ1n) is 6.32. The summed E-state index contributed by atoms with van der Waals surface area (Å²) in [6, 6.07) is 14.0. The highest BCUT2D eigenvalue weighted by Gasteiger charge is 2.32. The fourth-order valence-electron chi connectivity index (χ4n) is 1.68. The smallest absolute Gasteiger partial charge is 0.322 e. The first kappa shape index (κ1) is 16.2. The number of hydrogen-bond acceptors (Lipinski definition) is 2. The van der Waals surface area contributed by atoms with Crippen molar-refractivity contribution >= 4 is 23.4 Å². The summed E-state index contributed by atoms with van der Waals surface area (Å²) >= 11 is 0.851. The molecule has 0 radical (unpaired) electrons. The predicted molar refractivity (Wildman–Crippen MR) is 81.5 cm³/mol. The predicted octanol–water partition coefficient (Wildman–Crippen LogP) is 4.95. The molecule has 2 nitrogen and oxygen atoms in total. The minimum atomic E-state index is -4.41. The highest BCUT2D eigenvalue weighted by Crippen LogP contribution is 2.36. The van der Waals surface area contributed by atoms with Crippen LogP contribution in [-0.2, 0) is 11.0 Å². The molecule has 0 bridgehead atoms. The first-order chi connectivity index (χ1) is 10.5. The number of carbonyl (C=O) groups excluding carboxylic acids is 1. The van der Waals surface area contributed by atoms with E-state index in [9.17, 15) is 18.0 Å². The average Bonchev–Trinajstić information content (AvgIpc) is 2.48. The normalized spacial score (nSPS) is 11.6. The van der Waals surface area contributed by atoms with E-state index in [1.165, 1.54) is 29.7 Å². The Morgan fingerprint density at radius 3 is 2.32 bits per heavy atom. The molecule has 2 aromatic carbocycles. The van der Waals surface area contributed by atoms with Crippen LogP contribution in [0.15, 0.2) is 71.0 Å². The van der Waals surface area contributed by atoms with E-state index in [4.69, 9.17) is 0 Å². The van der Waals surface area contributed by atoms with Crippen LogP contribution in [0.2, 0.25) is 0 Å². The summed E-state index contributed by atoms with van der Waals surface area (Å²) < 4.78 is 38.4. The van der Waals surface area contributed by atoms with Crippen molar-refractivity contribution in [3.63, 3.8) is 0 Å². The Balaban J connectivity index is 2.00. The van der Waals surface area contributed by atoms with Crippen LogP contribution in [0.1, 0.15) is 5.56 Å². The third-order valence-electron chi connectivity index (χ3n) is 2.65. The zero-order valence-corrected chi connectivity index (χ0v) is 12.1. The van der Waals surface area contributed by atoms with Crippen molar-refractivity contribution in [3.05, 3.63) is 71.6 Å². The van der Waals surface area contributed by atoms with Gasteiger partial charge in [0.2, 0.25) is 5.91 Å². The van der Waals surface area contributed by atoms with Crippen LogP contribution in [0.3, 0.4) is 0 Å². The van der Waals surface area contributed by atoms with Crippen molar-refractivity contribution in [2.45, 2.75) is 11.1 Å². The van der Waals surface area contributed by atoms with E-state index in [2.05, 4.69) is 5.32 Å². The van der Waals surface area contributed by atoms with Gasteiger partial charge in [0.15, 0.2) is 0 Å². The summed E-state index contributed by atoms with van der Waals surface area (Å²) in [5.74, 6) is -0.400. The van der Waals surface area contributed by atoms with Gasteiger partial charge in [-0.25, -0.2) is 0 Å². The molecule has 1 N–H and O–H groups in total. The van der Waals surface area contributed by atoms with Crippen molar-refractivity contribution < 1.29 is 18.0 Å². The van der Waals surface area contributed by atoms with E-state index in [1.807, 2.05) is 6.07 Å². The molecule has 1 amide bonds. The van der Waals surface area contributed by atoms with E-state index < -0.39 is 17.6 Å². The molecular formula is C16H12F3NOS. The largest absolute Gasteiger partial charge is 0.417 e. The number of amides is 1. The summed E-state index contributed by atoms with van der Waals surface area (Å²) in [6.07, 6.45) is -3.21. The van der Waals surface area contributed by atoms with Gasteiger partial charge in [0.05, 0.1) is 5.56 Å². The van der Waals surface area contributed by atoms with Crippen LogP contribution in [0.4, 0.5) is 18.9 Å². The van der Waals surface area contributed by atoms with Gasteiger partial charge in [-0.1, -0.05) is 42.1 Å². The third-order valence-corrected chi connectivity index (χ3v) is 3.53. The Bertz CT molecular complexity index is 669. The van der Waals surface area contributed by atoms with Crippen molar-refractivity contribution in [2.75, 3.05) is 5.32 Å². The van der Waals surface area contributed by atoms with Gasteiger partial charge in [0.1, 0.15) is 0 Å². The van der Waals surface area contributed by atoms with E-state index in [1.54, 1.807) is 24.3 Å². The molecule has 0 saturated heterocycles. The van der Waals surface area contributed by atoms with E-state index in [0.717, 1.165) is 17.8 Å². The van der Waals surface area contributed by atoms with Gasteiger partial charge < -0.3 is 5.32 Å². The number of carbonyl (C=O) groups is 1. The number of thioether (sulfide) groups is 1. The van der Waals surface area contributed by atoms with Gasteiger partial charge in [-0.2, -0.15) is 13.2 Å². The number of rotatable bonds is 4. The summed E-state index contributed by atoms with van der Waals surface area (Å²) in [5, 5.41) is 3.95. The zero-order chi connectivity index (χ0) is 16.0. The molecule has 0 spiro atoms. The summed E-state index contributed by atoms with van der Waals surface area (Å²) in [4.78, 5) is 11.7. The maximum atomic E-state index is 12.8. The number of anilines is 1. The second kappa shape index (κ2) is 7.17. The molecule has 0 fully saturated rings. The standard InChI is InChI=1S/C16H12F3NOS/c17-16(18,19)13-8-4-5-9-14(13)22-11-10-15(21)20-12-6-2-1-3-7-12/h1-11H,(H,20,21). The third kappa shape index (κ3) is 4.66. The van der Waals surface area contributed by atoms with Crippen molar-refractivity contribution in [1.29, 1.82) is 0 Å². The molecule has 0 unspecified atom stereocenters. The fraction of sp³-hybridized carbons (Fsp3) is 0.0625. The quantitative estimate of drug-likeness (QED) is 0.637. The Kier molecular flexibility index (Phi) is 5.27. The van der Waals surface area contributed by atoms with Gasteiger partial charge in [-0.05, 0) is 29.7 Å². The minimum Gasteiger partial charge on any atom is -0.322 e. The lowest BCUT2D eigenvalue weighted by atomic mass is 10.2. The average molecular weight is 323 g/mol. The van der Waals surface area contributed by atoms with Crippen LogP contribution >= 0.6 is 11.8 Å². The highest BCUT2D eigenvalue weighted by molar-refractivity contribution is 8.02. The number of benzene rings is 2. The van der Waals surface area contributed by atoms with Crippen LogP contribution < -0.4 is 5.32 Å². The van der Waals surface area contributed by atoms with E-state index in [0.29, 0.717) is 5.69 Å². The topological polar surface area (TPSA) is 29.1 Å².